The van der Waals surface area contributed by atoms with Gasteiger partial charge in [0.05, 0.1) is 0 Å². The molecule has 0 aromatic carbocycles. The van der Waals surface area contributed by atoms with Crippen molar-refractivity contribution in [1.82, 2.24) is 10.2 Å². The summed E-state index contributed by atoms with van der Waals surface area (Å²) in [6, 6.07) is 0. The van der Waals surface area contributed by atoms with Crippen LogP contribution in [0.3, 0.4) is 0 Å². The van der Waals surface area contributed by atoms with Crippen LogP contribution in [0.2, 0.25) is 0 Å². The first-order valence-electron chi connectivity index (χ1n) is 3.81. The van der Waals surface area contributed by atoms with E-state index in [0.717, 1.165) is 0 Å². The molecule has 4 heteroatoms. The SMILES string of the molecule is C#CC(=O)NC(C)(C)C(=O)N(C)C. The fourth-order valence-corrected chi connectivity index (χ4v) is 0.932. The number of carbonyl (C=O) groups is 2. The average molecular weight is 182 g/mol. The van der Waals surface area contributed by atoms with Crippen LogP contribution < -0.4 is 5.32 Å². The van der Waals surface area contributed by atoms with Gasteiger partial charge in [0.25, 0.3) is 5.91 Å². The lowest BCUT2D eigenvalue weighted by molar-refractivity contribution is -0.137. The van der Waals surface area contributed by atoms with Crippen molar-refractivity contribution in [2.24, 2.45) is 0 Å². The lowest BCUT2D eigenvalue weighted by atomic mass is 10.0. The zero-order chi connectivity index (χ0) is 10.6. The summed E-state index contributed by atoms with van der Waals surface area (Å²) in [5, 5.41) is 2.42. The lowest BCUT2D eigenvalue weighted by Crippen LogP contribution is -2.53. The number of nitrogens with zero attached hydrogens (tertiary/aromatic N) is 1. The van der Waals surface area contributed by atoms with E-state index < -0.39 is 11.4 Å². The van der Waals surface area contributed by atoms with Crippen molar-refractivity contribution in [3.63, 3.8) is 0 Å². The molecule has 0 saturated carbocycles. The Kier molecular flexibility index (Phi) is 3.49. The summed E-state index contributed by atoms with van der Waals surface area (Å²) in [6.45, 7) is 3.20. The highest BCUT2D eigenvalue weighted by Gasteiger charge is 2.30. The van der Waals surface area contributed by atoms with Gasteiger partial charge in [0.2, 0.25) is 5.91 Å². The first kappa shape index (κ1) is 11.5. The van der Waals surface area contributed by atoms with Gasteiger partial charge in [-0.15, -0.1) is 6.42 Å². The van der Waals surface area contributed by atoms with Gasteiger partial charge >= 0.3 is 0 Å². The number of rotatable bonds is 2. The van der Waals surface area contributed by atoms with Gasteiger partial charge in [-0.3, -0.25) is 9.59 Å². The van der Waals surface area contributed by atoms with E-state index in [2.05, 4.69) is 5.32 Å². The van der Waals surface area contributed by atoms with Crippen LogP contribution in [-0.4, -0.2) is 36.3 Å². The van der Waals surface area contributed by atoms with Crippen LogP contribution in [0.5, 0.6) is 0 Å². The Bertz CT molecular complexity index is 261. The molecule has 0 bridgehead atoms. The highest BCUT2D eigenvalue weighted by atomic mass is 16.2. The summed E-state index contributed by atoms with van der Waals surface area (Å²) in [4.78, 5) is 23.7. The van der Waals surface area contributed by atoms with Gasteiger partial charge in [0.1, 0.15) is 5.54 Å². The monoisotopic (exact) mass is 182 g/mol. The molecule has 0 aliphatic carbocycles. The molecular formula is C9H14N2O2. The number of likely N-dealkylation sites (N-methyl/N-ethyl adjacent to an activating group) is 1. The van der Waals surface area contributed by atoms with E-state index in [1.807, 2.05) is 5.92 Å². The van der Waals surface area contributed by atoms with Crippen LogP contribution in [-0.2, 0) is 9.59 Å². The fraction of sp³-hybridized carbons (Fsp3) is 0.556. The van der Waals surface area contributed by atoms with E-state index in [1.54, 1.807) is 27.9 Å². The van der Waals surface area contributed by atoms with Crippen molar-refractivity contribution in [2.45, 2.75) is 19.4 Å². The molecule has 2 amide bonds. The molecule has 0 fully saturated rings. The number of nitrogens with one attached hydrogen (secondary N) is 1. The fourth-order valence-electron chi connectivity index (χ4n) is 0.932. The normalized spacial score (nSPS) is 10.1. The maximum absolute atomic E-state index is 11.5. The van der Waals surface area contributed by atoms with Crippen molar-refractivity contribution < 1.29 is 9.59 Å². The molecular weight excluding hydrogens is 168 g/mol. The second kappa shape index (κ2) is 3.94. The van der Waals surface area contributed by atoms with Crippen molar-refractivity contribution in [3.8, 4) is 12.3 Å². The van der Waals surface area contributed by atoms with Gasteiger partial charge in [0.15, 0.2) is 0 Å². The average Bonchev–Trinajstić information content (AvgIpc) is 2.01. The molecule has 0 unspecified atom stereocenters. The Morgan fingerprint density at radius 1 is 1.38 bits per heavy atom. The predicted molar refractivity (Wildman–Crippen MR) is 49.7 cm³/mol. The minimum atomic E-state index is -0.951. The van der Waals surface area contributed by atoms with Crippen LogP contribution in [0, 0.1) is 12.3 Å². The minimum absolute atomic E-state index is 0.198. The van der Waals surface area contributed by atoms with E-state index in [1.165, 1.54) is 4.90 Å². The standard InChI is InChI=1S/C9H14N2O2/c1-6-7(12)10-9(2,3)8(13)11(4)5/h1H,2-5H3,(H,10,12). The summed E-state index contributed by atoms with van der Waals surface area (Å²) in [5.41, 5.74) is -0.951. The number of hydrogen-bond donors (Lipinski definition) is 1. The second-order valence-electron chi connectivity index (χ2n) is 3.42. The maximum Gasteiger partial charge on any atom is 0.296 e. The van der Waals surface area contributed by atoms with Gasteiger partial charge in [-0.25, -0.2) is 0 Å². The van der Waals surface area contributed by atoms with Crippen LogP contribution >= 0.6 is 0 Å². The third-order valence-corrected chi connectivity index (χ3v) is 1.50. The van der Waals surface area contributed by atoms with Gasteiger partial charge < -0.3 is 10.2 Å². The molecule has 0 rings (SSSR count). The summed E-state index contributed by atoms with van der Waals surface area (Å²) in [6.07, 6.45) is 4.87. The lowest BCUT2D eigenvalue weighted by Gasteiger charge is -2.27. The summed E-state index contributed by atoms with van der Waals surface area (Å²) < 4.78 is 0. The summed E-state index contributed by atoms with van der Waals surface area (Å²) in [5.74, 6) is 1.11. The Labute approximate surface area is 78.3 Å². The van der Waals surface area contributed by atoms with Gasteiger partial charge in [-0.1, -0.05) is 0 Å². The number of carbonyl (C=O) groups excluding carboxylic acids is 2. The molecule has 0 heterocycles. The first-order chi connectivity index (χ1) is 5.81. The zero-order valence-corrected chi connectivity index (χ0v) is 8.34. The van der Waals surface area contributed by atoms with E-state index in [0.29, 0.717) is 0 Å². The van der Waals surface area contributed by atoms with Crippen LogP contribution in [0.25, 0.3) is 0 Å². The highest BCUT2D eigenvalue weighted by Crippen LogP contribution is 2.04. The molecule has 0 spiro atoms. The molecule has 0 aliphatic rings. The molecule has 13 heavy (non-hydrogen) atoms. The Morgan fingerprint density at radius 2 is 1.85 bits per heavy atom. The summed E-state index contributed by atoms with van der Waals surface area (Å²) >= 11 is 0. The third-order valence-electron chi connectivity index (χ3n) is 1.50. The number of amides is 2. The zero-order valence-electron chi connectivity index (χ0n) is 8.34. The minimum Gasteiger partial charge on any atom is -0.347 e. The van der Waals surface area contributed by atoms with Gasteiger partial charge in [0, 0.05) is 14.1 Å². The summed E-state index contributed by atoms with van der Waals surface area (Å²) in [7, 11) is 3.23. The molecule has 4 nitrogen and oxygen atoms in total. The van der Waals surface area contributed by atoms with Crippen LogP contribution in [0.1, 0.15) is 13.8 Å². The topological polar surface area (TPSA) is 49.4 Å². The number of hydrogen-bond acceptors (Lipinski definition) is 2. The maximum atomic E-state index is 11.5. The van der Waals surface area contributed by atoms with E-state index in [-0.39, 0.29) is 5.91 Å². The molecule has 1 N–H and O–H groups in total. The highest BCUT2D eigenvalue weighted by molar-refractivity contribution is 5.97. The second-order valence-corrected chi connectivity index (χ2v) is 3.42. The molecule has 0 aromatic rings. The first-order valence-corrected chi connectivity index (χ1v) is 3.81. The molecule has 72 valence electrons. The Balaban J connectivity index is 4.50. The number of terminal acetylenes is 1. The third kappa shape index (κ3) is 3.16. The molecule has 0 saturated heterocycles. The Hall–Kier alpha value is -1.50. The van der Waals surface area contributed by atoms with Crippen molar-refractivity contribution in [3.05, 3.63) is 0 Å². The van der Waals surface area contributed by atoms with Crippen molar-refractivity contribution in [1.29, 1.82) is 0 Å². The predicted octanol–water partition coefficient (Wildman–Crippen LogP) is -0.397. The molecule has 0 radical (unpaired) electrons. The van der Waals surface area contributed by atoms with E-state index in [9.17, 15) is 9.59 Å². The van der Waals surface area contributed by atoms with Crippen LogP contribution in [0.15, 0.2) is 0 Å². The van der Waals surface area contributed by atoms with E-state index >= 15 is 0 Å². The van der Waals surface area contributed by atoms with Gasteiger partial charge in [-0.2, -0.15) is 0 Å². The molecule has 0 aromatic heterocycles. The van der Waals surface area contributed by atoms with E-state index in [4.69, 9.17) is 6.42 Å². The molecule has 0 aliphatic heterocycles. The quantitative estimate of drug-likeness (QED) is 0.591. The molecule has 0 atom stereocenters. The van der Waals surface area contributed by atoms with Crippen molar-refractivity contribution >= 4 is 11.8 Å². The van der Waals surface area contributed by atoms with Crippen LogP contribution in [0.4, 0.5) is 0 Å². The Morgan fingerprint density at radius 3 is 2.15 bits per heavy atom. The van der Waals surface area contributed by atoms with Crippen molar-refractivity contribution in [2.75, 3.05) is 14.1 Å². The largest absolute Gasteiger partial charge is 0.347 e. The van der Waals surface area contributed by atoms with Gasteiger partial charge in [-0.05, 0) is 19.8 Å². The smallest absolute Gasteiger partial charge is 0.296 e.